The number of H-pyrrole nitrogens is 1. The smallest absolute Gasteiger partial charge is 0.305 e. The molecule has 0 fully saturated rings. The first kappa shape index (κ1) is 16.7. The van der Waals surface area contributed by atoms with Crippen LogP contribution < -0.4 is 5.56 Å². The second kappa shape index (κ2) is 5.61. The predicted octanol–water partition coefficient (Wildman–Crippen LogP) is 5.35. The van der Waals surface area contributed by atoms with Gasteiger partial charge in [0.25, 0.3) is 5.56 Å². The Morgan fingerprint density at radius 3 is 2.64 bits per heavy atom. The number of aromatic amines is 1. The maximum absolute atomic E-state index is 13.0. The number of nitrogens with one attached hydrogen (secondary N) is 1. The third-order valence-electron chi connectivity index (χ3n) is 3.59. The van der Waals surface area contributed by atoms with Gasteiger partial charge < -0.3 is 4.98 Å². The molecule has 4 nitrogen and oxygen atoms in total. The van der Waals surface area contributed by atoms with Crippen molar-refractivity contribution >= 4 is 59.0 Å². The Hall–Kier alpha value is -1.78. The first-order valence-electron chi connectivity index (χ1n) is 6.90. The van der Waals surface area contributed by atoms with Gasteiger partial charge in [0.2, 0.25) is 0 Å². The van der Waals surface area contributed by atoms with Gasteiger partial charge in [-0.15, -0.1) is 22.7 Å². The molecule has 128 valence electrons. The average molecular weight is 446 g/mol. The second-order valence-corrected chi connectivity index (χ2v) is 8.15. The van der Waals surface area contributed by atoms with Crippen molar-refractivity contribution in [2.75, 3.05) is 0 Å². The Bertz CT molecular complexity index is 1190. The van der Waals surface area contributed by atoms with Gasteiger partial charge in [0.15, 0.2) is 5.82 Å². The number of hydrogen-bond donors (Lipinski definition) is 1. The molecule has 4 heterocycles. The highest BCUT2D eigenvalue weighted by Gasteiger charge is 2.33. The number of hydrogen-bond acceptors (Lipinski definition) is 5. The van der Waals surface area contributed by atoms with E-state index in [1.165, 1.54) is 11.3 Å². The molecule has 25 heavy (non-hydrogen) atoms. The molecule has 0 saturated carbocycles. The largest absolute Gasteiger partial charge is 0.433 e. The fraction of sp³-hybridized carbons (Fsp3) is 0.133. The van der Waals surface area contributed by atoms with Gasteiger partial charge in [0.05, 0.1) is 10.4 Å². The minimum absolute atomic E-state index is 0.157. The second-order valence-electron chi connectivity index (χ2n) is 5.33. The summed E-state index contributed by atoms with van der Waals surface area (Å²) in [5.41, 5.74) is -0.592. The molecule has 4 aromatic heterocycles. The van der Waals surface area contributed by atoms with Crippen LogP contribution in [0.15, 0.2) is 26.8 Å². The molecule has 0 radical (unpaired) electrons. The van der Waals surface area contributed by atoms with E-state index in [0.717, 1.165) is 26.8 Å². The van der Waals surface area contributed by atoms with E-state index in [9.17, 15) is 18.0 Å². The quantitative estimate of drug-likeness (QED) is 0.429. The normalized spacial score (nSPS) is 12.4. The van der Waals surface area contributed by atoms with Crippen LogP contribution in [-0.2, 0) is 6.18 Å². The van der Waals surface area contributed by atoms with Gasteiger partial charge >= 0.3 is 6.18 Å². The molecule has 1 N–H and O–H groups in total. The zero-order valence-corrected chi connectivity index (χ0v) is 15.6. The van der Waals surface area contributed by atoms with E-state index in [4.69, 9.17) is 0 Å². The minimum atomic E-state index is -4.54. The lowest BCUT2D eigenvalue weighted by atomic mass is 10.1. The summed E-state index contributed by atoms with van der Waals surface area (Å²) in [6, 6.07) is 2.80. The first-order valence-corrected chi connectivity index (χ1v) is 9.39. The first-order chi connectivity index (χ1) is 11.7. The molecule has 0 spiro atoms. The van der Waals surface area contributed by atoms with Crippen LogP contribution in [0.2, 0.25) is 0 Å². The molecule has 0 saturated heterocycles. The Kier molecular flexibility index (Phi) is 3.74. The molecule has 0 unspecified atom stereocenters. The maximum Gasteiger partial charge on any atom is 0.433 e. The van der Waals surface area contributed by atoms with Crippen molar-refractivity contribution in [1.82, 2.24) is 15.0 Å². The molecule has 4 aromatic rings. The summed E-state index contributed by atoms with van der Waals surface area (Å²) in [6.07, 6.45) is -4.54. The average Bonchev–Trinajstić information content (AvgIpc) is 3.10. The molecule has 4 rings (SSSR count). The van der Waals surface area contributed by atoms with E-state index in [1.807, 2.05) is 11.4 Å². The summed E-state index contributed by atoms with van der Waals surface area (Å²) in [5.74, 6) is 0.382. The number of rotatable bonds is 1. The van der Waals surface area contributed by atoms with Crippen molar-refractivity contribution in [3.63, 3.8) is 0 Å². The summed E-state index contributed by atoms with van der Waals surface area (Å²) in [4.78, 5) is 24.2. The summed E-state index contributed by atoms with van der Waals surface area (Å²) >= 11 is 5.66. The van der Waals surface area contributed by atoms with Crippen LogP contribution in [0.1, 0.15) is 11.3 Å². The van der Waals surface area contributed by atoms with Gasteiger partial charge in [-0.3, -0.25) is 4.79 Å². The summed E-state index contributed by atoms with van der Waals surface area (Å²) < 4.78 is 40.0. The number of pyridine rings is 1. The van der Waals surface area contributed by atoms with Crippen LogP contribution in [0.3, 0.4) is 0 Å². The Labute approximate surface area is 154 Å². The molecule has 0 atom stereocenters. The molecule has 10 heteroatoms. The third kappa shape index (κ3) is 2.77. The fourth-order valence-corrected chi connectivity index (χ4v) is 4.98. The van der Waals surface area contributed by atoms with Crippen molar-refractivity contribution < 1.29 is 13.2 Å². The topological polar surface area (TPSA) is 58.6 Å². The van der Waals surface area contributed by atoms with E-state index in [-0.39, 0.29) is 15.1 Å². The zero-order chi connectivity index (χ0) is 17.9. The number of thiophene rings is 2. The van der Waals surface area contributed by atoms with Crippen LogP contribution in [0.5, 0.6) is 0 Å². The standard InChI is InChI=1S/C15H7BrF3N3OS2/c1-5-2-8(15(17,18)19)20-14-9(5)10-11(25-14)13(23)22-12(21-10)7-3-6(16)4-24-7/h2-4H,1H3,(H,21,22,23). The number of nitrogens with zero attached hydrogens (tertiary/aromatic N) is 2. The Morgan fingerprint density at radius 1 is 1.24 bits per heavy atom. The molecule has 0 amide bonds. The van der Waals surface area contributed by atoms with Crippen molar-refractivity contribution in [1.29, 1.82) is 0 Å². The van der Waals surface area contributed by atoms with E-state index in [1.54, 1.807) is 6.92 Å². The lowest BCUT2D eigenvalue weighted by molar-refractivity contribution is -0.141. The van der Waals surface area contributed by atoms with E-state index >= 15 is 0 Å². The lowest BCUT2D eigenvalue weighted by Crippen LogP contribution is -2.08. The number of aromatic nitrogens is 3. The van der Waals surface area contributed by atoms with Crippen LogP contribution in [0, 0.1) is 6.92 Å². The maximum atomic E-state index is 13.0. The Morgan fingerprint density at radius 2 is 2.00 bits per heavy atom. The number of alkyl halides is 3. The molecular weight excluding hydrogens is 439 g/mol. The van der Waals surface area contributed by atoms with Crippen molar-refractivity contribution in [3.8, 4) is 10.7 Å². The highest BCUT2D eigenvalue weighted by atomic mass is 79.9. The zero-order valence-electron chi connectivity index (χ0n) is 12.4. The van der Waals surface area contributed by atoms with Gasteiger partial charge in [-0.1, -0.05) is 0 Å². The summed E-state index contributed by atoms with van der Waals surface area (Å²) in [7, 11) is 0. The van der Waals surface area contributed by atoms with E-state index in [2.05, 4.69) is 30.9 Å². The third-order valence-corrected chi connectivity index (χ3v) is 6.36. The van der Waals surface area contributed by atoms with Gasteiger partial charge in [0, 0.05) is 15.2 Å². The minimum Gasteiger partial charge on any atom is -0.305 e. The molecule has 0 aromatic carbocycles. The number of aryl methyl sites for hydroxylation is 1. The van der Waals surface area contributed by atoms with Crippen molar-refractivity contribution in [2.45, 2.75) is 13.1 Å². The molecular formula is C15H7BrF3N3OS2. The molecule has 0 aliphatic carbocycles. The predicted molar refractivity (Wildman–Crippen MR) is 96.3 cm³/mol. The van der Waals surface area contributed by atoms with Crippen molar-refractivity contribution in [3.05, 3.63) is 43.6 Å². The van der Waals surface area contributed by atoms with Crippen LogP contribution in [0.25, 0.3) is 31.1 Å². The van der Waals surface area contributed by atoms with Gasteiger partial charge in [-0.2, -0.15) is 13.2 Å². The van der Waals surface area contributed by atoms with Crippen LogP contribution in [0.4, 0.5) is 13.2 Å². The SMILES string of the molecule is Cc1cc(C(F)(F)F)nc2sc3c(=O)[nH]c(-c4cc(Br)cs4)nc3c12. The van der Waals surface area contributed by atoms with Gasteiger partial charge in [-0.05, 0) is 40.5 Å². The van der Waals surface area contributed by atoms with Crippen LogP contribution >= 0.6 is 38.6 Å². The summed E-state index contributed by atoms with van der Waals surface area (Å²) in [6.45, 7) is 1.57. The fourth-order valence-electron chi connectivity index (χ4n) is 2.53. The lowest BCUT2D eigenvalue weighted by Gasteiger charge is -2.07. The number of fused-ring (bicyclic) bond motifs is 3. The number of halogens is 4. The molecule has 0 aliphatic rings. The van der Waals surface area contributed by atoms with Crippen LogP contribution in [-0.4, -0.2) is 15.0 Å². The van der Waals surface area contributed by atoms with E-state index < -0.39 is 11.9 Å². The molecule has 0 aliphatic heterocycles. The van der Waals surface area contributed by atoms with Crippen molar-refractivity contribution in [2.24, 2.45) is 0 Å². The Balaban J connectivity index is 2.05. The monoisotopic (exact) mass is 445 g/mol. The van der Waals surface area contributed by atoms with E-state index in [0.29, 0.717) is 22.3 Å². The highest BCUT2D eigenvalue weighted by molar-refractivity contribution is 9.10. The summed E-state index contributed by atoms with van der Waals surface area (Å²) in [5, 5.41) is 2.34. The van der Waals surface area contributed by atoms with Gasteiger partial charge in [0.1, 0.15) is 15.2 Å². The van der Waals surface area contributed by atoms with Gasteiger partial charge in [-0.25, -0.2) is 9.97 Å². The highest BCUT2D eigenvalue weighted by Crippen LogP contribution is 2.37. The molecule has 0 bridgehead atoms.